The molecule has 1 aliphatic rings. The van der Waals surface area contributed by atoms with Crippen LogP contribution in [-0.4, -0.2) is 4.98 Å². The molecule has 0 spiro atoms. The highest BCUT2D eigenvalue weighted by Crippen LogP contribution is 2.30. The van der Waals surface area contributed by atoms with E-state index in [-0.39, 0.29) is 11.1 Å². The van der Waals surface area contributed by atoms with Gasteiger partial charge in [-0.15, -0.1) is 0 Å². The van der Waals surface area contributed by atoms with Crippen molar-refractivity contribution in [2.45, 2.75) is 25.7 Å². The summed E-state index contributed by atoms with van der Waals surface area (Å²) in [5.41, 5.74) is 3.78. The SMILES string of the molecule is N#C[13c]1c2c(c(-c3ccc(Cl)cc3)[nH]c1=O)CCCC2. The Bertz CT molecular complexity index is 754. The number of rotatable bonds is 1. The van der Waals surface area contributed by atoms with Crippen molar-refractivity contribution in [3.05, 3.63) is 56.3 Å². The second-order valence-electron chi connectivity index (χ2n) is 4.99. The number of aromatic nitrogens is 1. The van der Waals surface area contributed by atoms with Crippen molar-refractivity contribution in [3.63, 3.8) is 0 Å². The molecule has 0 bridgehead atoms. The third kappa shape index (κ3) is 2.13. The van der Waals surface area contributed by atoms with Gasteiger partial charge in [-0.05, 0) is 54.5 Å². The standard InChI is InChI=1S/C16H13ClN2O/c17-11-7-5-10(6-8-11)15-13-4-2-1-3-12(13)14(9-18)16(20)19-15/h5-8H,1-4H2,(H,19,20)/i14+1. The van der Waals surface area contributed by atoms with Crippen molar-refractivity contribution < 1.29 is 0 Å². The maximum Gasteiger partial charge on any atom is 0.266 e. The van der Waals surface area contributed by atoms with Gasteiger partial charge in [-0.2, -0.15) is 5.26 Å². The summed E-state index contributed by atoms with van der Waals surface area (Å²) in [6, 6.07) is 9.46. The van der Waals surface area contributed by atoms with Crippen LogP contribution in [0.15, 0.2) is 29.1 Å². The molecule has 0 saturated heterocycles. The van der Waals surface area contributed by atoms with Crippen LogP contribution in [0, 0.1) is 11.3 Å². The Labute approximate surface area is 121 Å². The molecule has 0 amide bonds. The van der Waals surface area contributed by atoms with Gasteiger partial charge in [0.05, 0.1) is 5.69 Å². The largest absolute Gasteiger partial charge is 0.321 e. The van der Waals surface area contributed by atoms with E-state index >= 15 is 0 Å². The van der Waals surface area contributed by atoms with Gasteiger partial charge < -0.3 is 4.98 Å². The normalized spacial score (nSPS) is 13.6. The summed E-state index contributed by atoms with van der Waals surface area (Å²) < 4.78 is 0. The van der Waals surface area contributed by atoms with Crippen molar-refractivity contribution in [2.24, 2.45) is 0 Å². The Morgan fingerprint density at radius 3 is 2.40 bits per heavy atom. The molecule has 0 radical (unpaired) electrons. The molecule has 20 heavy (non-hydrogen) atoms. The third-order valence-corrected chi connectivity index (χ3v) is 4.03. The second kappa shape index (κ2) is 5.15. The lowest BCUT2D eigenvalue weighted by Crippen LogP contribution is -2.20. The molecule has 4 heteroatoms. The monoisotopic (exact) mass is 285 g/mol. The lowest BCUT2D eigenvalue weighted by Gasteiger charge is -2.20. The number of hydrogen-bond acceptors (Lipinski definition) is 2. The molecule has 0 saturated carbocycles. The van der Waals surface area contributed by atoms with Crippen LogP contribution >= 0.6 is 11.6 Å². The van der Waals surface area contributed by atoms with E-state index in [1.165, 1.54) is 0 Å². The number of nitrogens with one attached hydrogen (secondary N) is 1. The fourth-order valence-electron chi connectivity index (χ4n) is 2.83. The number of pyridine rings is 1. The van der Waals surface area contributed by atoms with Crippen LogP contribution < -0.4 is 5.56 Å². The van der Waals surface area contributed by atoms with Crippen LogP contribution in [0.25, 0.3) is 11.3 Å². The van der Waals surface area contributed by atoms with E-state index < -0.39 is 0 Å². The maximum atomic E-state index is 12.1. The van der Waals surface area contributed by atoms with Crippen molar-refractivity contribution in [3.8, 4) is 17.3 Å². The molecule has 1 heterocycles. The summed E-state index contributed by atoms with van der Waals surface area (Å²) in [5.74, 6) is 0. The molecule has 0 aliphatic heterocycles. The Morgan fingerprint density at radius 2 is 1.75 bits per heavy atom. The smallest absolute Gasteiger partial charge is 0.266 e. The number of benzene rings is 1. The molecule has 1 aliphatic carbocycles. The highest BCUT2D eigenvalue weighted by Gasteiger charge is 2.20. The first-order valence-electron chi connectivity index (χ1n) is 6.65. The molecular formula is C16H13ClN2O. The van der Waals surface area contributed by atoms with Crippen molar-refractivity contribution >= 4 is 11.6 Å². The average molecular weight is 286 g/mol. The molecule has 1 aromatic carbocycles. The number of fused-ring (bicyclic) bond motifs is 1. The van der Waals surface area contributed by atoms with Gasteiger partial charge in [0.1, 0.15) is 11.6 Å². The predicted molar refractivity (Wildman–Crippen MR) is 78.9 cm³/mol. The topological polar surface area (TPSA) is 56.6 Å². The van der Waals surface area contributed by atoms with Crippen LogP contribution in [0.1, 0.15) is 29.5 Å². The zero-order valence-electron chi connectivity index (χ0n) is 10.9. The summed E-state index contributed by atoms with van der Waals surface area (Å²) in [6.45, 7) is 0. The summed E-state index contributed by atoms with van der Waals surface area (Å²) >= 11 is 5.91. The first kappa shape index (κ1) is 13.0. The van der Waals surface area contributed by atoms with Gasteiger partial charge in [-0.3, -0.25) is 4.79 Å². The molecular weight excluding hydrogens is 273 g/mol. The van der Waals surface area contributed by atoms with Crippen molar-refractivity contribution in [1.82, 2.24) is 4.98 Å². The second-order valence-corrected chi connectivity index (χ2v) is 5.42. The maximum absolute atomic E-state index is 12.1. The molecule has 0 fully saturated rings. The van der Waals surface area contributed by atoms with E-state index in [1.807, 2.05) is 30.3 Å². The Balaban J connectivity index is 2.27. The van der Waals surface area contributed by atoms with Crippen LogP contribution in [-0.2, 0) is 12.8 Å². The Morgan fingerprint density at radius 1 is 1.10 bits per heavy atom. The first-order chi connectivity index (χ1) is 9.70. The first-order valence-corrected chi connectivity index (χ1v) is 7.02. The van der Waals surface area contributed by atoms with Crippen LogP contribution in [0.2, 0.25) is 5.02 Å². The van der Waals surface area contributed by atoms with E-state index in [9.17, 15) is 10.1 Å². The summed E-state index contributed by atoms with van der Waals surface area (Å²) in [4.78, 5) is 14.9. The zero-order valence-corrected chi connectivity index (χ0v) is 11.6. The van der Waals surface area contributed by atoms with Gasteiger partial charge >= 0.3 is 0 Å². The van der Waals surface area contributed by atoms with Crippen LogP contribution in [0.5, 0.6) is 0 Å². The molecule has 0 atom stereocenters. The fraction of sp³-hybridized carbons (Fsp3) is 0.250. The molecule has 0 unspecified atom stereocenters. The molecule has 1 N–H and O–H groups in total. The number of aromatic amines is 1. The summed E-state index contributed by atoms with van der Waals surface area (Å²) in [7, 11) is 0. The third-order valence-electron chi connectivity index (χ3n) is 3.78. The van der Waals surface area contributed by atoms with Crippen LogP contribution in [0.3, 0.4) is 0 Å². The number of nitriles is 1. The quantitative estimate of drug-likeness (QED) is 0.872. The molecule has 3 rings (SSSR count). The van der Waals surface area contributed by atoms with Gasteiger partial charge in [-0.1, -0.05) is 23.7 Å². The van der Waals surface area contributed by atoms with Crippen molar-refractivity contribution in [2.75, 3.05) is 0 Å². The zero-order chi connectivity index (χ0) is 14.1. The molecule has 100 valence electrons. The van der Waals surface area contributed by atoms with Gasteiger partial charge in [0, 0.05) is 5.02 Å². The van der Waals surface area contributed by atoms with E-state index in [4.69, 9.17) is 11.6 Å². The van der Waals surface area contributed by atoms with E-state index in [0.29, 0.717) is 5.02 Å². The lowest BCUT2D eigenvalue weighted by atomic mass is 9.90. The fourth-order valence-corrected chi connectivity index (χ4v) is 2.95. The number of H-pyrrole nitrogens is 1. The minimum absolute atomic E-state index is 0.275. The average Bonchev–Trinajstić information content (AvgIpc) is 2.47. The van der Waals surface area contributed by atoms with Gasteiger partial charge in [0.2, 0.25) is 0 Å². The Hall–Kier alpha value is -2.05. The Kier molecular flexibility index (Phi) is 3.33. The highest BCUT2D eigenvalue weighted by molar-refractivity contribution is 6.30. The lowest BCUT2D eigenvalue weighted by molar-refractivity contribution is 0.680. The number of nitrogens with zero attached hydrogens (tertiary/aromatic N) is 1. The van der Waals surface area contributed by atoms with Crippen molar-refractivity contribution in [1.29, 1.82) is 5.26 Å². The number of halogens is 1. The molecule has 1 aromatic heterocycles. The highest BCUT2D eigenvalue weighted by atomic mass is 35.5. The van der Waals surface area contributed by atoms with Gasteiger partial charge in [-0.25, -0.2) is 0 Å². The summed E-state index contributed by atoms with van der Waals surface area (Å²) in [6.07, 6.45) is 3.83. The van der Waals surface area contributed by atoms with Gasteiger partial charge in [0.15, 0.2) is 0 Å². The predicted octanol–water partition coefficient (Wildman–Crippen LogP) is 3.45. The van der Waals surface area contributed by atoms with E-state index in [0.717, 1.165) is 48.1 Å². The number of hydrogen-bond donors (Lipinski definition) is 1. The van der Waals surface area contributed by atoms with E-state index in [1.54, 1.807) is 0 Å². The molecule has 2 aromatic rings. The summed E-state index contributed by atoms with van der Waals surface area (Å²) in [5, 5.41) is 9.85. The minimum Gasteiger partial charge on any atom is -0.321 e. The molecule has 3 nitrogen and oxygen atoms in total. The van der Waals surface area contributed by atoms with Gasteiger partial charge in [0.25, 0.3) is 5.56 Å². The van der Waals surface area contributed by atoms with Crippen LogP contribution in [0.4, 0.5) is 0 Å². The van der Waals surface area contributed by atoms with E-state index in [2.05, 4.69) is 4.98 Å². The minimum atomic E-state index is -0.293.